The SMILES string of the molecule is CC(C)(C)c1ccc(CNC(=O)C2CCCC(N)C2)cc1. The highest BCUT2D eigenvalue weighted by Crippen LogP contribution is 2.24. The van der Waals surface area contributed by atoms with Crippen LogP contribution >= 0.6 is 0 Å². The van der Waals surface area contributed by atoms with Crippen molar-refractivity contribution in [1.29, 1.82) is 0 Å². The second kappa shape index (κ2) is 6.61. The Balaban J connectivity index is 1.86. The van der Waals surface area contributed by atoms with Gasteiger partial charge in [0.05, 0.1) is 0 Å². The van der Waals surface area contributed by atoms with Crippen LogP contribution in [0.5, 0.6) is 0 Å². The summed E-state index contributed by atoms with van der Waals surface area (Å²) in [6, 6.07) is 8.71. The average Bonchev–Trinajstić information content (AvgIpc) is 2.44. The number of nitrogens with two attached hydrogens (primary N) is 1. The summed E-state index contributed by atoms with van der Waals surface area (Å²) in [6.45, 7) is 7.22. The molecule has 1 amide bonds. The lowest BCUT2D eigenvalue weighted by atomic mass is 9.85. The molecule has 3 heteroatoms. The van der Waals surface area contributed by atoms with Crippen LogP contribution in [0.3, 0.4) is 0 Å². The van der Waals surface area contributed by atoms with E-state index in [2.05, 4.69) is 50.4 Å². The summed E-state index contributed by atoms with van der Waals surface area (Å²) in [6.07, 6.45) is 3.93. The molecule has 1 aromatic carbocycles. The van der Waals surface area contributed by atoms with Gasteiger partial charge in [-0.2, -0.15) is 0 Å². The molecule has 21 heavy (non-hydrogen) atoms. The molecule has 1 aliphatic rings. The number of hydrogen-bond donors (Lipinski definition) is 2. The van der Waals surface area contributed by atoms with E-state index in [1.54, 1.807) is 0 Å². The number of hydrogen-bond acceptors (Lipinski definition) is 2. The zero-order valence-corrected chi connectivity index (χ0v) is 13.5. The minimum absolute atomic E-state index is 0.0996. The van der Waals surface area contributed by atoms with E-state index in [1.165, 1.54) is 5.56 Å². The monoisotopic (exact) mass is 288 g/mol. The smallest absolute Gasteiger partial charge is 0.223 e. The van der Waals surface area contributed by atoms with Gasteiger partial charge in [-0.15, -0.1) is 0 Å². The second-order valence-electron chi connectivity index (χ2n) is 7.29. The third-order valence-corrected chi connectivity index (χ3v) is 4.37. The molecule has 0 aromatic heterocycles. The molecule has 0 spiro atoms. The van der Waals surface area contributed by atoms with E-state index in [0.717, 1.165) is 31.2 Å². The van der Waals surface area contributed by atoms with Crippen LogP contribution in [0.2, 0.25) is 0 Å². The molecule has 1 aromatic rings. The van der Waals surface area contributed by atoms with Crippen molar-refractivity contribution in [2.45, 2.75) is 64.5 Å². The van der Waals surface area contributed by atoms with E-state index in [4.69, 9.17) is 5.73 Å². The van der Waals surface area contributed by atoms with Gasteiger partial charge in [-0.1, -0.05) is 51.5 Å². The summed E-state index contributed by atoms with van der Waals surface area (Å²) in [5.74, 6) is 0.257. The number of rotatable bonds is 3. The first-order chi connectivity index (χ1) is 9.86. The maximum Gasteiger partial charge on any atom is 0.223 e. The molecule has 1 aliphatic carbocycles. The molecular weight excluding hydrogens is 260 g/mol. The van der Waals surface area contributed by atoms with Gasteiger partial charge >= 0.3 is 0 Å². The van der Waals surface area contributed by atoms with Gasteiger partial charge < -0.3 is 11.1 Å². The highest BCUT2D eigenvalue weighted by molar-refractivity contribution is 5.78. The zero-order valence-electron chi connectivity index (χ0n) is 13.5. The minimum atomic E-state index is 0.0996. The number of nitrogens with one attached hydrogen (secondary N) is 1. The van der Waals surface area contributed by atoms with Gasteiger partial charge in [0.25, 0.3) is 0 Å². The van der Waals surface area contributed by atoms with Crippen molar-refractivity contribution in [3.8, 4) is 0 Å². The number of amides is 1. The third kappa shape index (κ3) is 4.57. The van der Waals surface area contributed by atoms with E-state index in [9.17, 15) is 4.79 Å². The van der Waals surface area contributed by atoms with Crippen molar-refractivity contribution in [2.75, 3.05) is 0 Å². The van der Waals surface area contributed by atoms with E-state index in [0.29, 0.717) is 6.54 Å². The van der Waals surface area contributed by atoms with Gasteiger partial charge in [0.1, 0.15) is 0 Å². The first-order valence-electron chi connectivity index (χ1n) is 7.99. The largest absolute Gasteiger partial charge is 0.352 e. The number of benzene rings is 1. The molecule has 2 atom stereocenters. The van der Waals surface area contributed by atoms with E-state index < -0.39 is 0 Å². The molecule has 0 heterocycles. The van der Waals surface area contributed by atoms with E-state index in [1.807, 2.05) is 0 Å². The van der Waals surface area contributed by atoms with E-state index >= 15 is 0 Å². The lowest BCUT2D eigenvalue weighted by Crippen LogP contribution is -2.37. The molecule has 2 rings (SSSR count). The molecule has 1 fully saturated rings. The first kappa shape index (κ1) is 16.0. The Morgan fingerprint density at radius 1 is 1.24 bits per heavy atom. The average molecular weight is 288 g/mol. The number of carbonyl (C=O) groups excluding carboxylic acids is 1. The molecule has 3 nitrogen and oxygen atoms in total. The normalized spacial score (nSPS) is 22.9. The molecular formula is C18H28N2O. The van der Waals surface area contributed by atoms with Gasteiger partial charge in [0, 0.05) is 18.5 Å². The predicted molar refractivity (Wildman–Crippen MR) is 86.9 cm³/mol. The Kier molecular flexibility index (Phi) is 5.04. The Bertz CT molecular complexity index is 473. The van der Waals surface area contributed by atoms with Crippen molar-refractivity contribution >= 4 is 5.91 Å². The minimum Gasteiger partial charge on any atom is -0.352 e. The lowest BCUT2D eigenvalue weighted by Gasteiger charge is -2.25. The Morgan fingerprint density at radius 2 is 1.90 bits per heavy atom. The second-order valence-corrected chi connectivity index (χ2v) is 7.29. The van der Waals surface area contributed by atoms with Crippen molar-refractivity contribution in [1.82, 2.24) is 5.32 Å². The summed E-state index contributed by atoms with van der Waals surface area (Å²) in [5, 5.41) is 3.05. The molecule has 116 valence electrons. The van der Waals surface area contributed by atoms with Crippen LogP contribution in [0.1, 0.15) is 57.6 Å². The lowest BCUT2D eigenvalue weighted by molar-refractivity contribution is -0.126. The van der Waals surface area contributed by atoms with Crippen LogP contribution < -0.4 is 11.1 Å². The molecule has 1 saturated carbocycles. The summed E-state index contributed by atoms with van der Waals surface area (Å²) in [4.78, 5) is 12.2. The standard InChI is InChI=1S/C18H28N2O/c1-18(2,3)15-9-7-13(8-10-15)12-20-17(21)14-5-4-6-16(19)11-14/h7-10,14,16H,4-6,11-12,19H2,1-3H3,(H,20,21). The van der Waals surface area contributed by atoms with Gasteiger partial charge in [0.15, 0.2) is 0 Å². The summed E-state index contributed by atoms with van der Waals surface area (Å²) >= 11 is 0. The van der Waals surface area contributed by atoms with Crippen LogP contribution in [-0.4, -0.2) is 11.9 Å². The fraction of sp³-hybridized carbons (Fsp3) is 0.611. The summed E-state index contributed by atoms with van der Waals surface area (Å²) in [7, 11) is 0. The zero-order chi connectivity index (χ0) is 15.5. The van der Waals surface area contributed by atoms with Gasteiger partial charge in [-0.3, -0.25) is 4.79 Å². The third-order valence-electron chi connectivity index (χ3n) is 4.37. The van der Waals surface area contributed by atoms with Gasteiger partial charge in [0.2, 0.25) is 5.91 Å². The van der Waals surface area contributed by atoms with Crippen molar-refractivity contribution in [2.24, 2.45) is 11.7 Å². The summed E-state index contributed by atoms with van der Waals surface area (Å²) in [5.41, 5.74) is 8.58. The quantitative estimate of drug-likeness (QED) is 0.898. The topological polar surface area (TPSA) is 55.1 Å². The fourth-order valence-electron chi connectivity index (χ4n) is 2.92. The molecule has 0 saturated heterocycles. The van der Waals surface area contributed by atoms with Crippen molar-refractivity contribution < 1.29 is 4.79 Å². The van der Waals surface area contributed by atoms with Crippen LogP contribution in [0.25, 0.3) is 0 Å². The molecule has 0 radical (unpaired) electrons. The Morgan fingerprint density at radius 3 is 2.48 bits per heavy atom. The molecule has 2 unspecified atom stereocenters. The number of carbonyl (C=O) groups is 1. The van der Waals surface area contributed by atoms with Crippen LogP contribution in [0.4, 0.5) is 0 Å². The van der Waals surface area contributed by atoms with Crippen molar-refractivity contribution in [3.63, 3.8) is 0 Å². The first-order valence-corrected chi connectivity index (χ1v) is 7.99. The highest BCUT2D eigenvalue weighted by Gasteiger charge is 2.24. The predicted octanol–water partition coefficient (Wildman–Crippen LogP) is 3.12. The van der Waals surface area contributed by atoms with E-state index in [-0.39, 0.29) is 23.3 Å². The van der Waals surface area contributed by atoms with Gasteiger partial charge in [-0.25, -0.2) is 0 Å². The highest BCUT2D eigenvalue weighted by atomic mass is 16.1. The Labute approximate surface area is 128 Å². The molecule has 0 bridgehead atoms. The maximum atomic E-state index is 12.2. The van der Waals surface area contributed by atoms with Crippen LogP contribution in [0, 0.1) is 5.92 Å². The van der Waals surface area contributed by atoms with Crippen LogP contribution in [0.15, 0.2) is 24.3 Å². The van der Waals surface area contributed by atoms with Crippen LogP contribution in [-0.2, 0) is 16.8 Å². The molecule has 3 N–H and O–H groups in total. The Hall–Kier alpha value is -1.35. The van der Waals surface area contributed by atoms with Gasteiger partial charge in [-0.05, 0) is 35.8 Å². The molecule has 0 aliphatic heterocycles. The van der Waals surface area contributed by atoms with Crippen molar-refractivity contribution in [3.05, 3.63) is 35.4 Å². The summed E-state index contributed by atoms with van der Waals surface area (Å²) < 4.78 is 0. The fourth-order valence-corrected chi connectivity index (χ4v) is 2.92. The maximum absolute atomic E-state index is 12.2.